The number of anilines is 1. The lowest BCUT2D eigenvalue weighted by Crippen LogP contribution is -2.06. The van der Waals surface area contributed by atoms with Crippen molar-refractivity contribution >= 4 is 5.82 Å². The number of nitriles is 1. The molecule has 4 rings (SSSR count). The van der Waals surface area contributed by atoms with Crippen molar-refractivity contribution in [2.45, 2.75) is 25.8 Å². The van der Waals surface area contributed by atoms with Crippen molar-refractivity contribution in [1.82, 2.24) is 4.57 Å². The van der Waals surface area contributed by atoms with Gasteiger partial charge in [-0.1, -0.05) is 91.0 Å². The maximum atomic E-state index is 9.92. The van der Waals surface area contributed by atoms with E-state index < -0.39 is 0 Å². The molecule has 1 aromatic heterocycles. The Balaban J connectivity index is 1.71. The Morgan fingerprint density at radius 1 is 0.733 bits per heavy atom. The lowest BCUT2D eigenvalue weighted by Gasteiger charge is -2.13. The lowest BCUT2D eigenvalue weighted by molar-refractivity contribution is 0.621. The van der Waals surface area contributed by atoms with Crippen LogP contribution in [0.4, 0.5) is 5.82 Å². The number of benzene rings is 3. The summed E-state index contributed by atoms with van der Waals surface area (Å²) in [5.74, 6) is 0.551. The maximum absolute atomic E-state index is 9.92. The van der Waals surface area contributed by atoms with Gasteiger partial charge in [-0.15, -0.1) is 0 Å². The Hall–Kier alpha value is -3.77. The molecule has 0 saturated carbocycles. The van der Waals surface area contributed by atoms with E-state index in [1.54, 1.807) is 0 Å². The number of hydrogen-bond acceptors (Lipinski definition) is 2. The topological polar surface area (TPSA) is 54.7 Å². The minimum atomic E-state index is 0.551. The molecule has 0 aliphatic rings. The van der Waals surface area contributed by atoms with Crippen LogP contribution in [0.3, 0.4) is 0 Å². The molecule has 0 aliphatic carbocycles. The van der Waals surface area contributed by atoms with Crippen molar-refractivity contribution in [1.29, 1.82) is 5.26 Å². The molecule has 4 aromatic rings. The number of aromatic nitrogens is 1. The molecule has 0 unspecified atom stereocenters. The maximum Gasteiger partial charge on any atom is 0.122 e. The zero-order valence-electron chi connectivity index (χ0n) is 17.0. The highest BCUT2D eigenvalue weighted by molar-refractivity contribution is 5.90. The van der Waals surface area contributed by atoms with Gasteiger partial charge in [0.05, 0.1) is 5.69 Å². The quantitative estimate of drug-likeness (QED) is 0.376. The summed E-state index contributed by atoms with van der Waals surface area (Å²) < 4.78 is 2.13. The molecule has 0 bridgehead atoms. The van der Waals surface area contributed by atoms with E-state index in [4.69, 9.17) is 5.73 Å². The monoisotopic (exact) mass is 391 g/mol. The van der Waals surface area contributed by atoms with Gasteiger partial charge in [0.25, 0.3) is 0 Å². The van der Waals surface area contributed by atoms with Gasteiger partial charge in [-0.25, -0.2) is 0 Å². The highest BCUT2D eigenvalue weighted by Crippen LogP contribution is 2.40. The minimum absolute atomic E-state index is 0.551. The normalized spacial score (nSPS) is 10.6. The molecule has 2 N–H and O–H groups in total. The Bertz CT molecular complexity index is 1140. The van der Waals surface area contributed by atoms with Crippen LogP contribution in [-0.2, 0) is 13.0 Å². The highest BCUT2D eigenvalue weighted by atomic mass is 15.1. The van der Waals surface area contributed by atoms with E-state index in [1.807, 2.05) is 54.6 Å². The van der Waals surface area contributed by atoms with E-state index in [0.717, 1.165) is 48.2 Å². The molecule has 0 saturated heterocycles. The van der Waals surface area contributed by atoms with E-state index in [2.05, 4.69) is 47.0 Å². The predicted octanol–water partition coefficient (Wildman–Crippen LogP) is 6.30. The highest BCUT2D eigenvalue weighted by Gasteiger charge is 2.23. The van der Waals surface area contributed by atoms with Gasteiger partial charge in [-0.2, -0.15) is 5.26 Å². The van der Waals surface area contributed by atoms with Gasteiger partial charge < -0.3 is 10.3 Å². The second kappa shape index (κ2) is 9.15. The Kier molecular flexibility index (Phi) is 5.96. The second-order valence-corrected chi connectivity index (χ2v) is 7.42. The van der Waals surface area contributed by atoms with Crippen LogP contribution in [0.2, 0.25) is 0 Å². The Labute approximate surface area is 178 Å². The number of unbranched alkanes of at least 4 members (excludes halogenated alkanes) is 1. The third kappa shape index (κ3) is 3.99. The minimum Gasteiger partial charge on any atom is -0.384 e. The molecule has 0 aliphatic heterocycles. The Morgan fingerprint density at radius 2 is 1.30 bits per heavy atom. The largest absolute Gasteiger partial charge is 0.384 e. The first-order valence-corrected chi connectivity index (χ1v) is 10.4. The standard InChI is InChI=1S/C27H25N3/c28-20-24-25(22-15-6-2-7-16-22)26(23-17-8-3-9-18-23)30(27(24)29)19-11-10-14-21-12-4-1-5-13-21/h1-9,12-13,15-18H,10-11,14,19,29H2. The van der Waals surface area contributed by atoms with Crippen molar-refractivity contribution < 1.29 is 0 Å². The van der Waals surface area contributed by atoms with Crippen LogP contribution in [0, 0.1) is 11.3 Å². The van der Waals surface area contributed by atoms with Gasteiger partial charge in [0.15, 0.2) is 0 Å². The number of nitrogen functional groups attached to an aromatic ring is 1. The Morgan fingerprint density at radius 3 is 1.90 bits per heavy atom. The van der Waals surface area contributed by atoms with Gasteiger partial charge in [0, 0.05) is 12.1 Å². The summed E-state index contributed by atoms with van der Waals surface area (Å²) in [7, 11) is 0. The van der Waals surface area contributed by atoms with Gasteiger partial charge in [-0.05, 0) is 36.0 Å². The summed E-state index contributed by atoms with van der Waals surface area (Å²) in [6, 6.07) is 33.2. The second-order valence-electron chi connectivity index (χ2n) is 7.42. The van der Waals surface area contributed by atoms with Gasteiger partial charge in [0.1, 0.15) is 17.5 Å². The SMILES string of the molecule is N#Cc1c(-c2ccccc2)c(-c2ccccc2)n(CCCCc2ccccc2)c1N. The number of nitrogens with two attached hydrogens (primary N) is 1. The molecule has 30 heavy (non-hydrogen) atoms. The van der Waals surface area contributed by atoms with Crippen LogP contribution in [0.1, 0.15) is 24.0 Å². The average molecular weight is 392 g/mol. The molecule has 148 valence electrons. The van der Waals surface area contributed by atoms with E-state index in [-0.39, 0.29) is 0 Å². The summed E-state index contributed by atoms with van der Waals surface area (Å²) in [4.78, 5) is 0. The fourth-order valence-corrected chi connectivity index (χ4v) is 4.01. The molecular formula is C27H25N3. The fraction of sp³-hybridized carbons (Fsp3) is 0.148. The van der Waals surface area contributed by atoms with Crippen molar-refractivity contribution in [3.63, 3.8) is 0 Å². The van der Waals surface area contributed by atoms with Gasteiger partial charge >= 0.3 is 0 Å². The molecule has 3 aromatic carbocycles. The first-order valence-electron chi connectivity index (χ1n) is 10.4. The van der Waals surface area contributed by atoms with E-state index in [9.17, 15) is 5.26 Å². The van der Waals surface area contributed by atoms with Crippen LogP contribution >= 0.6 is 0 Å². The van der Waals surface area contributed by atoms with Crippen LogP contribution in [0.15, 0.2) is 91.0 Å². The van der Waals surface area contributed by atoms with Crippen molar-refractivity contribution in [2.75, 3.05) is 5.73 Å². The van der Waals surface area contributed by atoms with E-state index in [0.29, 0.717) is 11.4 Å². The first kappa shape index (κ1) is 19.5. The molecule has 0 amide bonds. The summed E-state index contributed by atoms with van der Waals surface area (Å²) in [5.41, 5.74) is 12.5. The van der Waals surface area contributed by atoms with E-state index in [1.165, 1.54) is 5.56 Å². The third-order valence-electron chi connectivity index (χ3n) is 5.47. The number of hydrogen-bond donors (Lipinski definition) is 1. The van der Waals surface area contributed by atoms with Crippen LogP contribution in [-0.4, -0.2) is 4.57 Å². The number of aryl methyl sites for hydroxylation is 1. The fourth-order valence-electron chi connectivity index (χ4n) is 4.01. The molecule has 3 nitrogen and oxygen atoms in total. The summed E-state index contributed by atoms with van der Waals surface area (Å²) in [6.45, 7) is 0.782. The molecule has 0 spiro atoms. The summed E-state index contributed by atoms with van der Waals surface area (Å²) in [5, 5.41) is 9.92. The van der Waals surface area contributed by atoms with Crippen LogP contribution < -0.4 is 5.73 Å². The third-order valence-corrected chi connectivity index (χ3v) is 5.47. The van der Waals surface area contributed by atoms with Crippen molar-refractivity contribution in [2.24, 2.45) is 0 Å². The first-order chi connectivity index (χ1) is 14.8. The lowest BCUT2D eigenvalue weighted by atomic mass is 9.98. The van der Waals surface area contributed by atoms with Crippen molar-refractivity contribution in [3.8, 4) is 28.5 Å². The summed E-state index contributed by atoms with van der Waals surface area (Å²) >= 11 is 0. The predicted molar refractivity (Wildman–Crippen MR) is 124 cm³/mol. The molecule has 0 atom stereocenters. The van der Waals surface area contributed by atoms with Crippen LogP contribution in [0.25, 0.3) is 22.4 Å². The zero-order valence-corrected chi connectivity index (χ0v) is 17.0. The van der Waals surface area contributed by atoms with Crippen LogP contribution in [0.5, 0.6) is 0 Å². The van der Waals surface area contributed by atoms with Gasteiger partial charge in [-0.3, -0.25) is 0 Å². The van der Waals surface area contributed by atoms with Gasteiger partial charge in [0.2, 0.25) is 0 Å². The van der Waals surface area contributed by atoms with Crippen molar-refractivity contribution in [3.05, 3.63) is 102 Å². The zero-order chi connectivity index (χ0) is 20.8. The number of rotatable bonds is 7. The molecular weight excluding hydrogens is 366 g/mol. The number of nitrogens with zero attached hydrogens (tertiary/aromatic N) is 2. The van der Waals surface area contributed by atoms with E-state index >= 15 is 0 Å². The smallest absolute Gasteiger partial charge is 0.122 e. The molecule has 0 radical (unpaired) electrons. The molecule has 1 heterocycles. The molecule has 0 fully saturated rings. The summed E-state index contributed by atoms with van der Waals surface area (Å²) in [6.07, 6.45) is 3.10. The average Bonchev–Trinajstić information content (AvgIpc) is 3.10. The molecule has 3 heteroatoms.